The van der Waals surface area contributed by atoms with Gasteiger partial charge in [0.2, 0.25) is 0 Å². The van der Waals surface area contributed by atoms with E-state index >= 15 is 0 Å². The molecule has 1 aromatic heterocycles. The SMILES string of the molecule is CCOC(=O)CCCCc1c(OCC)ccc2[nH]c(-c3ccc(Cl)cc3)nc12. The van der Waals surface area contributed by atoms with Gasteiger partial charge in [0.05, 0.1) is 24.2 Å². The molecule has 1 N–H and O–H groups in total. The van der Waals surface area contributed by atoms with Crippen LogP contribution < -0.4 is 4.74 Å². The first-order valence-corrected chi connectivity index (χ1v) is 10.1. The minimum atomic E-state index is -0.143. The van der Waals surface area contributed by atoms with Gasteiger partial charge in [0.1, 0.15) is 11.6 Å². The van der Waals surface area contributed by atoms with Gasteiger partial charge in [-0.05, 0) is 69.5 Å². The Morgan fingerprint density at radius 1 is 1.07 bits per heavy atom. The van der Waals surface area contributed by atoms with Crippen molar-refractivity contribution in [2.24, 2.45) is 0 Å². The number of aryl methyl sites for hydroxylation is 1. The molecule has 0 saturated heterocycles. The van der Waals surface area contributed by atoms with Crippen LogP contribution >= 0.6 is 11.6 Å². The summed E-state index contributed by atoms with van der Waals surface area (Å²) in [7, 11) is 0. The van der Waals surface area contributed by atoms with Crippen LogP contribution in [0.5, 0.6) is 5.75 Å². The summed E-state index contributed by atoms with van der Waals surface area (Å²) in [5.74, 6) is 1.50. The summed E-state index contributed by atoms with van der Waals surface area (Å²) in [5, 5.41) is 0.695. The molecule has 0 spiro atoms. The van der Waals surface area contributed by atoms with Gasteiger partial charge in [-0.1, -0.05) is 11.6 Å². The molecule has 0 aliphatic heterocycles. The number of carbonyl (C=O) groups is 1. The van der Waals surface area contributed by atoms with Crippen molar-refractivity contribution < 1.29 is 14.3 Å². The highest BCUT2D eigenvalue weighted by Crippen LogP contribution is 2.31. The molecule has 0 aliphatic carbocycles. The molecule has 0 aliphatic rings. The number of H-pyrrole nitrogens is 1. The largest absolute Gasteiger partial charge is 0.494 e. The number of nitrogens with zero attached hydrogens (tertiary/aromatic N) is 1. The van der Waals surface area contributed by atoms with Crippen molar-refractivity contribution in [3.05, 3.63) is 47.0 Å². The zero-order valence-electron chi connectivity index (χ0n) is 16.3. The molecule has 0 bridgehead atoms. The molecule has 0 amide bonds. The minimum Gasteiger partial charge on any atom is -0.494 e. The second kappa shape index (κ2) is 9.60. The van der Waals surface area contributed by atoms with E-state index in [1.165, 1.54) is 0 Å². The standard InChI is InChI=1S/C22H25ClN2O3/c1-3-27-19-14-13-18-21(17(19)7-5-6-8-20(26)28-4-2)25-22(24-18)15-9-11-16(23)12-10-15/h9-14H,3-8H2,1-2H3,(H,24,25). The number of fused-ring (bicyclic) bond motifs is 1. The minimum absolute atomic E-state index is 0.143. The summed E-state index contributed by atoms with van der Waals surface area (Å²) in [6, 6.07) is 11.6. The summed E-state index contributed by atoms with van der Waals surface area (Å²) in [4.78, 5) is 19.8. The number of carbonyl (C=O) groups excluding carboxylic acids is 1. The van der Waals surface area contributed by atoms with E-state index in [0.717, 1.165) is 53.0 Å². The van der Waals surface area contributed by atoms with Crippen molar-refractivity contribution in [1.82, 2.24) is 9.97 Å². The number of benzene rings is 2. The Balaban J connectivity index is 1.84. The van der Waals surface area contributed by atoms with Crippen molar-refractivity contribution in [3.8, 4) is 17.1 Å². The highest BCUT2D eigenvalue weighted by molar-refractivity contribution is 6.30. The second-order valence-corrected chi connectivity index (χ2v) is 6.91. The van der Waals surface area contributed by atoms with E-state index in [1.807, 2.05) is 50.2 Å². The highest BCUT2D eigenvalue weighted by Gasteiger charge is 2.14. The van der Waals surface area contributed by atoms with Crippen molar-refractivity contribution in [2.45, 2.75) is 39.5 Å². The number of esters is 1. The Morgan fingerprint density at radius 2 is 1.86 bits per heavy atom. The topological polar surface area (TPSA) is 64.2 Å². The number of halogens is 1. The number of rotatable bonds is 9. The van der Waals surface area contributed by atoms with Gasteiger partial charge in [0.15, 0.2) is 0 Å². The van der Waals surface area contributed by atoms with Crippen LogP contribution in [-0.2, 0) is 16.0 Å². The molecule has 0 saturated carbocycles. The quantitative estimate of drug-likeness (QED) is 0.377. The summed E-state index contributed by atoms with van der Waals surface area (Å²) < 4.78 is 10.8. The zero-order valence-corrected chi connectivity index (χ0v) is 17.0. The fourth-order valence-electron chi connectivity index (χ4n) is 3.19. The highest BCUT2D eigenvalue weighted by atomic mass is 35.5. The third-order valence-corrected chi connectivity index (χ3v) is 4.75. The van der Waals surface area contributed by atoms with Crippen LogP contribution in [0.1, 0.15) is 38.7 Å². The monoisotopic (exact) mass is 400 g/mol. The number of aromatic amines is 1. The molecule has 6 heteroatoms. The van der Waals surface area contributed by atoms with E-state index in [9.17, 15) is 4.79 Å². The number of unbranched alkanes of at least 4 members (excludes halogenated alkanes) is 1. The van der Waals surface area contributed by atoms with E-state index in [1.54, 1.807) is 0 Å². The predicted octanol–water partition coefficient (Wildman–Crippen LogP) is 5.56. The number of imidazole rings is 1. The van der Waals surface area contributed by atoms with Gasteiger partial charge in [0.25, 0.3) is 0 Å². The van der Waals surface area contributed by atoms with Gasteiger partial charge in [-0.25, -0.2) is 4.98 Å². The fraction of sp³-hybridized carbons (Fsp3) is 0.364. The molecule has 0 atom stereocenters. The van der Waals surface area contributed by atoms with Crippen LogP contribution in [0.3, 0.4) is 0 Å². The Labute approximate surface area is 170 Å². The molecule has 0 fully saturated rings. The van der Waals surface area contributed by atoms with Gasteiger partial charge >= 0.3 is 5.97 Å². The summed E-state index contributed by atoms with van der Waals surface area (Å²) >= 11 is 5.99. The average Bonchev–Trinajstić information content (AvgIpc) is 3.12. The Kier molecular flexibility index (Phi) is 6.93. The lowest BCUT2D eigenvalue weighted by atomic mass is 10.0. The maximum absolute atomic E-state index is 11.5. The van der Waals surface area contributed by atoms with Crippen molar-refractivity contribution >= 4 is 28.6 Å². The van der Waals surface area contributed by atoms with E-state index in [2.05, 4.69) is 4.98 Å². The lowest BCUT2D eigenvalue weighted by Crippen LogP contribution is -2.04. The Hall–Kier alpha value is -2.53. The maximum atomic E-state index is 11.5. The van der Waals surface area contributed by atoms with Gasteiger partial charge in [-0.3, -0.25) is 4.79 Å². The predicted molar refractivity (Wildman–Crippen MR) is 112 cm³/mol. The Morgan fingerprint density at radius 3 is 2.57 bits per heavy atom. The van der Waals surface area contributed by atoms with Gasteiger partial charge < -0.3 is 14.5 Å². The molecule has 0 radical (unpaired) electrons. The molecule has 2 aromatic carbocycles. The first kappa shape index (κ1) is 20.2. The van der Waals surface area contributed by atoms with Crippen molar-refractivity contribution in [3.63, 3.8) is 0 Å². The number of hydrogen-bond donors (Lipinski definition) is 1. The molecular formula is C22H25ClN2O3. The summed E-state index contributed by atoms with van der Waals surface area (Å²) in [6.07, 6.45) is 2.86. The van der Waals surface area contributed by atoms with Crippen LogP contribution in [0.25, 0.3) is 22.4 Å². The first-order chi connectivity index (χ1) is 13.6. The average molecular weight is 401 g/mol. The van der Waals surface area contributed by atoms with E-state index in [0.29, 0.717) is 24.7 Å². The summed E-state index contributed by atoms with van der Waals surface area (Å²) in [6.45, 7) is 4.81. The molecule has 5 nitrogen and oxygen atoms in total. The lowest BCUT2D eigenvalue weighted by molar-refractivity contribution is -0.143. The van der Waals surface area contributed by atoms with E-state index in [4.69, 9.17) is 26.1 Å². The van der Waals surface area contributed by atoms with Gasteiger partial charge in [-0.2, -0.15) is 0 Å². The normalized spacial score (nSPS) is 11.0. The third kappa shape index (κ3) is 4.84. The fourth-order valence-corrected chi connectivity index (χ4v) is 3.32. The van der Waals surface area contributed by atoms with Gasteiger partial charge in [0, 0.05) is 22.6 Å². The number of ether oxygens (including phenoxy) is 2. The van der Waals surface area contributed by atoms with Gasteiger partial charge in [-0.15, -0.1) is 0 Å². The van der Waals surface area contributed by atoms with E-state index < -0.39 is 0 Å². The number of hydrogen-bond acceptors (Lipinski definition) is 4. The van der Waals surface area contributed by atoms with Crippen LogP contribution in [0, 0.1) is 0 Å². The Bertz CT molecular complexity index is 935. The number of nitrogens with one attached hydrogen (secondary N) is 1. The molecule has 148 valence electrons. The smallest absolute Gasteiger partial charge is 0.305 e. The number of aromatic nitrogens is 2. The van der Waals surface area contributed by atoms with Crippen LogP contribution in [0.15, 0.2) is 36.4 Å². The molecule has 28 heavy (non-hydrogen) atoms. The lowest BCUT2D eigenvalue weighted by Gasteiger charge is -2.10. The molecular weight excluding hydrogens is 376 g/mol. The van der Waals surface area contributed by atoms with Crippen LogP contribution in [0.2, 0.25) is 5.02 Å². The molecule has 3 aromatic rings. The van der Waals surface area contributed by atoms with Crippen LogP contribution in [0.4, 0.5) is 0 Å². The molecule has 3 rings (SSSR count). The molecule has 0 unspecified atom stereocenters. The third-order valence-electron chi connectivity index (χ3n) is 4.50. The van der Waals surface area contributed by atoms with Crippen LogP contribution in [-0.4, -0.2) is 29.2 Å². The van der Waals surface area contributed by atoms with E-state index in [-0.39, 0.29) is 5.97 Å². The zero-order chi connectivity index (χ0) is 19.9. The first-order valence-electron chi connectivity index (χ1n) is 9.68. The second-order valence-electron chi connectivity index (χ2n) is 6.48. The molecule has 1 heterocycles. The summed E-state index contributed by atoms with van der Waals surface area (Å²) in [5.41, 5.74) is 3.92. The van der Waals surface area contributed by atoms with Crippen molar-refractivity contribution in [2.75, 3.05) is 13.2 Å². The van der Waals surface area contributed by atoms with Crippen molar-refractivity contribution in [1.29, 1.82) is 0 Å². The maximum Gasteiger partial charge on any atom is 0.305 e.